The van der Waals surface area contributed by atoms with Crippen molar-refractivity contribution in [3.63, 3.8) is 0 Å². The third-order valence-corrected chi connectivity index (χ3v) is 2.18. The molecule has 2 nitrogen and oxygen atoms in total. The van der Waals surface area contributed by atoms with Gasteiger partial charge in [0.25, 0.3) is 0 Å². The van der Waals surface area contributed by atoms with Gasteiger partial charge in [-0.05, 0) is 13.3 Å². The van der Waals surface area contributed by atoms with Crippen LogP contribution in [0.1, 0.15) is 26.7 Å². The molecule has 0 aliphatic heterocycles. The van der Waals surface area contributed by atoms with Crippen molar-refractivity contribution in [2.75, 3.05) is 6.54 Å². The molecule has 2 heteroatoms. The summed E-state index contributed by atoms with van der Waals surface area (Å²) < 4.78 is 0. The van der Waals surface area contributed by atoms with E-state index in [9.17, 15) is 4.79 Å². The number of carbonyl (C=O) groups excluding carboxylic acids is 1. The average molecular weight is 271 g/mol. The smallest absolute Gasteiger partial charge is 0.244 e. The second kappa shape index (κ2) is 13.3. The van der Waals surface area contributed by atoms with Crippen LogP contribution in [0.2, 0.25) is 0 Å². The minimum atomic E-state index is -0.109. The highest BCUT2D eigenvalue weighted by molar-refractivity contribution is 5.87. The van der Waals surface area contributed by atoms with Crippen molar-refractivity contribution >= 4 is 5.91 Å². The molecule has 0 aliphatic rings. The molecule has 0 heterocycles. The third kappa shape index (κ3) is 14.0. The molecule has 0 bridgehead atoms. The number of hydrogen-bond acceptors (Lipinski definition) is 1. The predicted molar refractivity (Wildman–Crippen MR) is 88.4 cm³/mol. The Kier molecular flexibility index (Phi) is 11.9. The molecule has 0 fully saturated rings. The number of unbranched alkanes of at least 4 members (excludes halogenated alkanes) is 1. The van der Waals surface area contributed by atoms with Gasteiger partial charge in [-0.2, -0.15) is 0 Å². The second-order valence-corrected chi connectivity index (χ2v) is 4.41. The summed E-state index contributed by atoms with van der Waals surface area (Å²) in [5.41, 5.74) is 0.935. The first-order valence-corrected chi connectivity index (χ1v) is 6.92. The summed E-state index contributed by atoms with van der Waals surface area (Å²) >= 11 is 0. The van der Waals surface area contributed by atoms with Crippen LogP contribution in [0.15, 0.2) is 72.9 Å². The van der Waals surface area contributed by atoms with Gasteiger partial charge < -0.3 is 5.32 Å². The first-order chi connectivity index (χ1) is 9.66. The Bertz CT molecular complexity index is 423. The number of nitrogens with one attached hydrogen (secondary N) is 1. The summed E-state index contributed by atoms with van der Waals surface area (Å²) in [4.78, 5) is 11.3. The SMILES string of the molecule is C=C(C)CNC(=O)/C=C/C=C/C=C/C=C/C=C/CCC. The minimum absolute atomic E-state index is 0.109. The van der Waals surface area contributed by atoms with Gasteiger partial charge in [0.1, 0.15) is 0 Å². The van der Waals surface area contributed by atoms with Gasteiger partial charge in [-0.3, -0.25) is 4.79 Å². The molecule has 1 N–H and O–H groups in total. The summed E-state index contributed by atoms with van der Waals surface area (Å²) in [6.45, 7) is 8.27. The van der Waals surface area contributed by atoms with E-state index in [1.807, 2.05) is 49.5 Å². The quantitative estimate of drug-likeness (QED) is 0.379. The van der Waals surface area contributed by atoms with E-state index in [1.54, 1.807) is 6.08 Å². The van der Waals surface area contributed by atoms with E-state index in [2.05, 4.69) is 24.9 Å². The second-order valence-electron chi connectivity index (χ2n) is 4.41. The van der Waals surface area contributed by atoms with Crippen LogP contribution in [0.3, 0.4) is 0 Å². The average Bonchev–Trinajstić information content (AvgIpc) is 2.42. The van der Waals surface area contributed by atoms with Gasteiger partial charge in [-0.1, -0.05) is 80.2 Å². The molecule has 0 rings (SSSR count). The first-order valence-electron chi connectivity index (χ1n) is 6.92. The normalized spacial score (nSPS) is 12.5. The summed E-state index contributed by atoms with van der Waals surface area (Å²) in [6, 6.07) is 0. The van der Waals surface area contributed by atoms with Gasteiger partial charge in [0.05, 0.1) is 0 Å². The number of rotatable bonds is 9. The van der Waals surface area contributed by atoms with Crippen LogP contribution in [0.25, 0.3) is 0 Å². The van der Waals surface area contributed by atoms with Crippen molar-refractivity contribution in [1.82, 2.24) is 5.32 Å². The van der Waals surface area contributed by atoms with Crippen LogP contribution >= 0.6 is 0 Å². The highest BCUT2D eigenvalue weighted by Gasteiger charge is 1.91. The molecule has 1 amide bonds. The maximum Gasteiger partial charge on any atom is 0.244 e. The summed E-state index contributed by atoms with van der Waals surface area (Å²) in [5.74, 6) is -0.109. The Balaban J connectivity index is 3.84. The van der Waals surface area contributed by atoms with Gasteiger partial charge in [0.2, 0.25) is 5.91 Å². The monoisotopic (exact) mass is 271 g/mol. The molecule has 0 saturated carbocycles. The predicted octanol–water partition coefficient (Wildman–Crippen LogP) is 4.26. The number of amides is 1. The van der Waals surface area contributed by atoms with E-state index in [4.69, 9.17) is 0 Å². The number of carbonyl (C=O) groups is 1. The number of allylic oxidation sites excluding steroid dienone is 9. The zero-order valence-corrected chi connectivity index (χ0v) is 12.5. The third-order valence-electron chi connectivity index (χ3n) is 2.18. The molecule has 0 spiro atoms. The Hall–Kier alpha value is -2.09. The lowest BCUT2D eigenvalue weighted by molar-refractivity contribution is -0.116. The van der Waals surface area contributed by atoms with Crippen LogP contribution in [0.4, 0.5) is 0 Å². The molecule has 0 aromatic heterocycles. The molecule has 0 aromatic carbocycles. The Morgan fingerprint density at radius 1 is 1.00 bits per heavy atom. The van der Waals surface area contributed by atoms with Gasteiger partial charge in [0.15, 0.2) is 0 Å². The van der Waals surface area contributed by atoms with Crippen LogP contribution in [0.5, 0.6) is 0 Å². The molecule has 0 unspecified atom stereocenters. The fraction of sp³-hybridized carbons (Fsp3) is 0.278. The zero-order chi connectivity index (χ0) is 15.1. The molecule has 0 aliphatic carbocycles. The van der Waals surface area contributed by atoms with Crippen LogP contribution < -0.4 is 5.32 Å². The maximum atomic E-state index is 11.3. The van der Waals surface area contributed by atoms with Crippen molar-refractivity contribution in [3.05, 3.63) is 72.9 Å². The molecule has 0 radical (unpaired) electrons. The van der Waals surface area contributed by atoms with Gasteiger partial charge >= 0.3 is 0 Å². The molecule has 0 atom stereocenters. The lowest BCUT2D eigenvalue weighted by Crippen LogP contribution is -2.22. The minimum Gasteiger partial charge on any atom is -0.349 e. The maximum absolute atomic E-state index is 11.3. The largest absolute Gasteiger partial charge is 0.349 e. The first kappa shape index (κ1) is 17.9. The van der Waals surface area contributed by atoms with Crippen molar-refractivity contribution in [2.24, 2.45) is 0 Å². The Morgan fingerprint density at radius 2 is 1.55 bits per heavy atom. The molecular weight excluding hydrogens is 246 g/mol. The summed E-state index contributed by atoms with van der Waals surface area (Å²) in [7, 11) is 0. The Morgan fingerprint density at radius 3 is 2.10 bits per heavy atom. The van der Waals surface area contributed by atoms with E-state index in [0.29, 0.717) is 6.54 Å². The Labute approximate surface area is 123 Å². The topological polar surface area (TPSA) is 29.1 Å². The lowest BCUT2D eigenvalue weighted by atomic mass is 10.3. The molecule has 0 saturated heterocycles. The molecule has 20 heavy (non-hydrogen) atoms. The van der Waals surface area contributed by atoms with Gasteiger partial charge in [0, 0.05) is 12.6 Å². The standard InChI is InChI=1S/C18H25NO/c1-4-5-6-7-8-9-10-11-12-13-14-15-18(20)19-16-17(2)3/h6-15H,2,4-5,16H2,1,3H3,(H,19,20)/b7-6+,9-8+,11-10+,13-12+,15-14+. The highest BCUT2D eigenvalue weighted by atomic mass is 16.1. The molecule has 108 valence electrons. The fourth-order valence-electron chi connectivity index (χ4n) is 1.17. The summed E-state index contributed by atoms with van der Waals surface area (Å²) in [6.07, 6.45) is 21.2. The highest BCUT2D eigenvalue weighted by Crippen LogP contribution is 1.89. The van der Waals surface area contributed by atoms with Gasteiger partial charge in [-0.25, -0.2) is 0 Å². The van der Waals surface area contributed by atoms with Crippen molar-refractivity contribution in [1.29, 1.82) is 0 Å². The zero-order valence-electron chi connectivity index (χ0n) is 12.5. The van der Waals surface area contributed by atoms with Crippen LogP contribution in [-0.2, 0) is 4.79 Å². The summed E-state index contributed by atoms with van der Waals surface area (Å²) in [5, 5.41) is 2.72. The fourth-order valence-corrected chi connectivity index (χ4v) is 1.17. The lowest BCUT2D eigenvalue weighted by Gasteiger charge is -1.98. The van der Waals surface area contributed by atoms with E-state index < -0.39 is 0 Å². The van der Waals surface area contributed by atoms with Gasteiger partial charge in [-0.15, -0.1) is 0 Å². The van der Waals surface area contributed by atoms with Crippen molar-refractivity contribution in [3.8, 4) is 0 Å². The number of hydrogen-bond donors (Lipinski definition) is 1. The van der Waals surface area contributed by atoms with Crippen LogP contribution in [0, 0.1) is 0 Å². The van der Waals surface area contributed by atoms with E-state index >= 15 is 0 Å². The molecule has 0 aromatic rings. The van der Waals surface area contributed by atoms with Crippen molar-refractivity contribution < 1.29 is 4.79 Å². The molecular formula is C18H25NO. The van der Waals surface area contributed by atoms with E-state index in [1.165, 1.54) is 12.5 Å². The van der Waals surface area contributed by atoms with E-state index in [-0.39, 0.29) is 5.91 Å². The van der Waals surface area contributed by atoms with E-state index in [0.717, 1.165) is 12.0 Å². The van der Waals surface area contributed by atoms with Crippen LogP contribution in [-0.4, -0.2) is 12.5 Å². The van der Waals surface area contributed by atoms with Crippen molar-refractivity contribution in [2.45, 2.75) is 26.7 Å².